The lowest BCUT2D eigenvalue weighted by molar-refractivity contribution is -0.117. The van der Waals surface area contributed by atoms with Crippen LogP contribution in [0.25, 0.3) is 0 Å². The van der Waals surface area contributed by atoms with E-state index >= 15 is 0 Å². The molecule has 1 atom stereocenters. The summed E-state index contributed by atoms with van der Waals surface area (Å²) in [6.07, 6.45) is 1.18. The van der Waals surface area contributed by atoms with Crippen LogP contribution in [0.15, 0.2) is 48.5 Å². The van der Waals surface area contributed by atoms with Crippen molar-refractivity contribution in [2.45, 2.75) is 18.9 Å². The van der Waals surface area contributed by atoms with Crippen molar-refractivity contribution in [2.24, 2.45) is 0 Å². The van der Waals surface area contributed by atoms with Gasteiger partial charge < -0.3 is 15.0 Å². The topological polar surface area (TPSA) is 61.9 Å². The summed E-state index contributed by atoms with van der Waals surface area (Å²) in [5.41, 5.74) is 2.96. The Hall–Kier alpha value is -3.02. The molecule has 2 heterocycles. The summed E-state index contributed by atoms with van der Waals surface area (Å²) in [5.74, 6) is 0.764. The number of ether oxygens (including phenoxy) is 1. The number of hydrogen-bond donors (Lipinski definition) is 1. The van der Waals surface area contributed by atoms with Gasteiger partial charge in [0, 0.05) is 30.9 Å². The van der Waals surface area contributed by atoms with Crippen LogP contribution < -0.4 is 19.9 Å². The number of benzene rings is 2. The molecule has 0 aliphatic carbocycles. The molecule has 1 N–H and O–H groups in total. The number of nitrogens with zero attached hydrogens (tertiary/aromatic N) is 2. The molecule has 6 nitrogen and oxygen atoms in total. The molecule has 3 amide bonds. The normalized spacial score (nSPS) is 18.8. The highest BCUT2D eigenvalue weighted by Crippen LogP contribution is 2.28. The SMILES string of the molecule is COc1ccc(N2CC(NC(=O)N3CCc4ccccc43)CC2=O)cc1. The highest BCUT2D eigenvalue weighted by molar-refractivity contribution is 5.98. The van der Waals surface area contributed by atoms with Crippen LogP contribution in [0.3, 0.4) is 0 Å². The number of rotatable bonds is 3. The van der Waals surface area contributed by atoms with Gasteiger partial charge >= 0.3 is 6.03 Å². The van der Waals surface area contributed by atoms with Crippen LogP contribution in [-0.4, -0.2) is 38.2 Å². The first-order valence-corrected chi connectivity index (χ1v) is 8.76. The maximum absolute atomic E-state index is 12.7. The number of carbonyl (C=O) groups is 2. The Morgan fingerprint density at radius 1 is 1.15 bits per heavy atom. The Bertz CT molecular complexity index is 834. The highest BCUT2D eigenvalue weighted by atomic mass is 16.5. The fourth-order valence-electron chi connectivity index (χ4n) is 3.62. The van der Waals surface area contributed by atoms with Gasteiger partial charge in [0.25, 0.3) is 0 Å². The first-order valence-electron chi connectivity index (χ1n) is 8.76. The Labute approximate surface area is 152 Å². The van der Waals surface area contributed by atoms with Gasteiger partial charge in [0.1, 0.15) is 5.75 Å². The minimum atomic E-state index is -0.190. The van der Waals surface area contributed by atoms with Gasteiger partial charge in [-0.15, -0.1) is 0 Å². The zero-order valence-electron chi connectivity index (χ0n) is 14.6. The minimum Gasteiger partial charge on any atom is -0.497 e. The van der Waals surface area contributed by atoms with Gasteiger partial charge in [0.2, 0.25) is 5.91 Å². The largest absolute Gasteiger partial charge is 0.497 e. The lowest BCUT2D eigenvalue weighted by atomic mass is 10.2. The van der Waals surface area contributed by atoms with Gasteiger partial charge in [-0.05, 0) is 42.3 Å². The van der Waals surface area contributed by atoms with E-state index in [9.17, 15) is 9.59 Å². The van der Waals surface area contributed by atoms with Crippen molar-refractivity contribution >= 4 is 23.3 Å². The molecular formula is C20H21N3O3. The number of methoxy groups -OCH3 is 1. The highest BCUT2D eigenvalue weighted by Gasteiger charge is 2.33. The number of urea groups is 1. The number of carbonyl (C=O) groups excluding carboxylic acids is 2. The minimum absolute atomic E-state index is 0.0160. The molecule has 6 heteroatoms. The lowest BCUT2D eigenvalue weighted by Gasteiger charge is -2.21. The molecular weight excluding hydrogens is 330 g/mol. The summed E-state index contributed by atoms with van der Waals surface area (Å²) in [6.45, 7) is 1.15. The first-order chi connectivity index (χ1) is 12.7. The van der Waals surface area contributed by atoms with Crippen LogP contribution in [0.5, 0.6) is 5.75 Å². The molecule has 0 bridgehead atoms. The van der Waals surface area contributed by atoms with E-state index in [0.717, 1.165) is 23.5 Å². The van der Waals surface area contributed by atoms with E-state index in [1.807, 2.05) is 48.5 Å². The number of fused-ring (bicyclic) bond motifs is 1. The second kappa shape index (κ2) is 6.71. The van der Waals surface area contributed by atoms with E-state index in [-0.39, 0.29) is 18.0 Å². The molecule has 1 unspecified atom stereocenters. The Morgan fingerprint density at radius 2 is 1.92 bits per heavy atom. The molecule has 0 radical (unpaired) electrons. The Balaban J connectivity index is 1.42. The second-order valence-electron chi connectivity index (χ2n) is 6.58. The monoisotopic (exact) mass is 351 g/mol. The van der Waals surface area contributed by atoms with E-state index in [0.29, 0.717) is 19.5 Å². The molecule has 134 valence electrons. The van der Waals surface area contributed by atoms with Gasteiger partial charge in [-0.3, -0.25) is 9.69 Å². The van der Waals surface area contributed by atoms with E-state index < -0.39 is 0 Å². The van der Waals surface area contributed by atoms with Crippen LogP contribution in [-0.2, 0) is 11.2 Å². The maximum Gasteiger partial charge on any atom is 0.322 e. The Morgan fingerprint density at radius 3 is 2.69 bits per heavy atom. The molecule has 2 aromatic carbocycles. The first kappa shape index (κ1) is 16.4. The third-order valence-corrected chi connectivity index (χ3v) is 4.97. The number of nitrogens with one attached hydrogen (secondary N) is 1. The van der Waals surface area contributed by atoms with Crippen LogP contribution in [0.4, 0.5) is 16.2 Å². The van der Waals surface area contributed by atoms with E-state index in [2.05, 4.69) is 5.32 Å². The summed E-state index contributed by atoms with van der Waals surface area (Å²) >= 11 is 0. The molecule has 1 fully saturated rings. The fraction of sp³-hybridized carbons (Fsp3) is 0.300. The van der Waals surface area contributed by atoms with E-state index in [1.165, 1.54) is 5.56 Å². The summed E-state index contributed by atoms with van der Waals surface area (Å²) in [6, 6.07) is 15.0. The van der Waals surface area contributed by atoms with Crippen LogP contribution in [0.1, 0.15) is 12.0 Å². The predicted molar refractivity (Wildman–Crippen MR) is 99.8 cm³/mol. The fourth-order valence-corrected chi connectivity index (χ4v) is 3.62. The molecule has 0 saturated carbocycles. The molecule has 0 aromatic heterocycles. The van der Waals surface area contributed by atoms with Crippen molar-refractivity contribution in [3.63, 3.8) is 0 Å². The van der Waals surface area contributed by atoms with Crippen LogP contribution in [0, 0.1) is 0 Å². The van der Waals surface area contributed by atoms with Crippen molar-refractivity contribution in [2.75, 3.05) is 30.0 Å². The van der Waals surface area contributed by atoms with Gasteiger partial charge in [-0.25, -0.2) is 4.79 Å². The lowest BCUT2D eigenvalue weighted by Crippen LogP contribution is -2.45. The quantitative estimate of drug-likeness (QED) is 0.924. The molecule has 2 aliphatic heterocycles. The number of hydrogen-bond acceptors (Lipinski definition) is 3. The van der Waals surface area contributed by atoms with Gasteiger partial charge in [-0.2, -0.15) is 0 Å². The Kier molecular flexibility index (Phi) is 4.24. The zero-order valence-corrected chi connectivity index (χ0v) is 14.6. The maximum atomic E-state index is 12.7. The van der Waals surface area contributed by atoms with Crippen molar-refractivity contribution in [3.05, 3.63) is 54.1 Å². The third-order valence-electron chi connectivity index (χ3n) is 4.97. The van der Waals surface area contributed by atoms with Gasteiger partial charge in [0.05, 0.1) is 13.2 Å². The molecule has 2 aliphatic rings. The van der Waals surface area contributed by atoms with Crippen molar-refractivity contribution in [1.82, 2.24) is 5.32 Å². The summed E-state index contributed by atoms with van der Waals surface area (Å²) in [4.78, 5) is 28.5. The smallest absolute Gasteiger partial charge is 0.322 e. The van der Waals surface area contributed by atoms with Gasteiger partial charge in [0.15, 0.2) is 0 Å². The van der Waals surface area contributed by atoms with Crippen LogP contribution in [0.2, 0.25) is 0 Å². The molecule has 26 heavy (non-hydrogen) atoms. The summed E-state index contributed by atoms with van der Waals surface area (Å²) in [7, 11) is 1.61. The predicted octanol–water partition coefficient (Wildman–Crippen LogP) is 2.57. The van der Waals surface area contributed by atoms with Crippen molar-refractivity contribution in [3.8, 4) is 5.75 Å². The number of anilines is 2. The molecule has 0 spiro atoms. The number of amides is 3. The van der Waals surface area contributed by atoms with E-state index in [1.54, 1.807) is 16.9 Å². The average molecular weight is 351 g/mol. The molecule has 2 aromatic rings. The molecule has 1 saturated heterocycles. The zero-order chi connectivity index (χ0) is 18.1. The average Bonchev–Trinajstić information content (AvgIpc) is 3.25. The van der Waals surface area contributed by atoms with Crippen molar-refractivity contribution < 1.29 is 14.3 Å². The van der Waals surface area contributed by atoms with Crippen LogP contribution >= 0.6 is 0 Å². The second-order valence-corrected chi connectivity index (χ2v) is 6.58. The number of para-hydroxylation sites is 1. The summed E-state index contributed by atoms with van der Waals surface area (Å²) < 4.78 is 5.15. The third kappa shape index (κ3) is 2.98. The summed E-state index contributed by atoms with van der Waals surface area (Å²) in [5, 5.41) is 3.01. The van der Waals surface area contributed by atoms with Gasteiger partial charge in [-0.1, -0.05) is 18.2 Å². The standard InChI is InChI=1S/C20H21N3O3/c1-26-17-8-6-16(7-9-17)23-13-15(12-19(23)24)21-20(25)22-11-10-14-4-2-3-5-18(14)22/h2-9,15H,10-13H2,1H3,(H,21,25). The van der Waals surface area contributed by atoms with Crippen molar-refractivity contribution in [1.29, 1.82) is 0 Å². The molecule has 4 rings (SSSR count). The van der Waals surface area contributed by atoms with E-state index in [4.69, 9.17) is 4.74 Å².